The first-order valence-corrected chi connectivity index (χ1v) is 5.92. The maximum atomic E-state index is 13.5. The SMILES string of the molecule is Fc1cccc(Cl)c1Cc1nnc(CCCl)o1. The molecule has 90 valence electrons. The van der Waals surface area contributed by atoms with Gasteiger partial charge in [-0.2, -0.15) is 0 Å². The van der Waals surface area contributed by atoms with E-state index in [2.05, 4.69) is 10.2 Å². The van der Waals surface area contributed by atoms with E-state index in [0.717, 1.165) is 0 Å². The van der Waals surface area contributed by atoms with E-state index in [1.807, 2.05) is 0 Å². The largest absolute Gasteiger partial charge is 0.425 e. The highest BCUT2D eigenvalue weighted by molar-refractivity contribution is 6.31. The first-order chi connectivity index (χ1) is 8.20. The van der Waals surface area contributed by atoms with Crippen LogP contribution in [0.4, 0.5) is 4.39 Å². The fourth-order valence-electron chi connectivity index (χ4n) is 1.39. The molecule has 0 fully saturated rings. The second kappa shape index (κ2) is 5.47. The Bertz CT molecular complexity index is 496. The summed E-state index contributed by atoms with van der Waals surface area (Å²) in [5, 5.41) is 7.96. The summed E-state index contributed by atoms with van der Waals surface area (Å²) in [7, 11) is 0. The van der Waals surface area contributed by atoms with Crippen molar-refractivity contribution in [2.75, 3.05) is 5.88 Å². The van der Waals surface area contributed by atoms with E-state index in [9.17, 15) is 4.39 Å². The van der Waals surface area contributed by atoms with E-state index in [1.165, 1.54) is 6.07 Å². The molecule has 3 nitrogen and oxygen atoms in total. The molecule has 6 heteroatoms. The van der Waals surface area contributed by atoms with Crippen LogP contribution in [-0.2, 0) is 12.8 Å². The molecule has 0 bridgehead atoms. The van der Waals surface area contributed by atoms with Gasteiger partial charge in [0.2, 0.25) is 11.8 Å². The van der Waals surface area contributed by atoms with Crippen molar-refractivity contribution in [3.63, 3.8) is 0 Å². The third kappa shape index (κ3) is 2.96. The van der Waals surface area contributed by atoms with Crippen molar-refractivity contribution in [3.8, 4) is 0 Å². The predicted octanol–water partition coefficient (Wildman–Crippen LogP) is 3.23. The lowest BCUT2D eigenvalue weighted by Gasteiger charge is -2.01. The summed E-state index contributed by atoms with van der Waals surface area (Å²) < 4.78 is 18.8. The lowest BCUT2D eigenvalue weighted by Crippen LogP contribution is -1.94. The van der Waals surface area contributed by atoms with Crippen molar-refractivity contribution < 1.29 is 8.81 Å². The second-order valence-corrected chi connectivity index (χ2v) is 4.19. The standard InChI is InChI=1S/C11H9Cl2FN2O/c12-5-4-10-15-16-11(17-10)6-7-8(13)2-1-3-9(7)14/h1-3H,4-6H2. The van der Waals surface area contributed by atoms with E-state index >= 15 is 0 Å². The quantitative estimate of drug-likeness (QED) is 0.804. The zero-order chi connectivity index (χ0) is 12.3. The average Bonchev–Trinajstić information content (AvgIpc) is 2.72. The van der Waals surface area contributed by atoms with Gasteiger partial charge in [0.05, 0.1) is 6.42 Å². The van der Waals surface area contributed by atoms with Crippen LogP contribution in [0.5, 0.6) is 0 Å². The number of benzene rings is 1. The molecule has 0 saturated heterocycles. The van der Waals surface area contributed by atoms with Gasteiger partial charge in [0.1, 0.15) is 5.82 Å². The third-order valence-electron chi connectivity index (χ3n) is 2.21. The summed E-state index contributed by atoms with van der Waals surface area (Å²) in [6, 6.07) is 4.52. The molecule has 1 aromatic carbocycles. The maximum absolute atomic E-state index is 13.5. The van der Waals surface area contributed by atoms with Crippen LogP contribution >= 0.6 is 23.2 Å². The summed E-state index contributed by atoms with van der Waals surface area (Å²) in [6.07, 6.45) is 0.681. The summed E-state index contributed by atoms with van der Waals surface area (Å²) in [5.41, 5.74) is 0.357. The Morgan fingerprint density at radius 3 is 2.71 bits per heavy atom. The lowest BCUT2D eigenvalue weighted by atomic mass is 10.1. The number of halogens is 3. The topological polar surface area (TPSA) is 38.9 Å². The minimum absolute atomic E-state index is 0.181. The van der Waals surface area contributed by atoms with Gasteiger partial charge < -0.3 is 4.42 Å². The molecular formula is C11H9Cl2FN2O. The summed E-state index contributed by atoms with van der Waals surface area (Å²) in [4.78, 5) is 0. The van der Waals surface area contributed by atoms with Crippen molar-refractivity contribution in [1.29, 1.82) is 0 Å². The van der Waals surface area contributed by atoms with E-state index in [4.69, 9.17) is 27.6 Å². The number of alkyl halides is 1. The van der Waals surface area contributed by atoms with Crippen LogP contribution in [0.25, 0.3) is 0 Å². The average molecular weight is 275 g/mol. The van der Waals surface area contributed by atoms with Crippen LogP contribution in [0.2, 0.25) is 5.02 Å². The van der Waals surface area contributed by atoms with E-state index in [1.54, 1.807) is 12.1 Å². The molecule has 0 radical (unpaired) electrons. The number of hydrogen-bond acceptors (Lipinski definition) is 3. The first kappa shape index (κ1) is 12.3. The molecule has 0 N–H and O–H groups in total. The highest BCUT2D eigenvalue weighted by Gasteiger charge is 2.12. The molecular weight excluding hydrogens is 266 g/mol. The van der Waals surface area contributed by atoms with Crippen LogP contribution in [0.1, 0.15) is 17.3 Å². The van der Waals surface area contributed by atoms with Gasteiger partial charge in [0.15, 0.2) is 0 Å². The van der Waals surface area contributed by atoms with E-state index < -0.39 is 0 Å². The number of aromatic nitrogens is 2. The lowest BCUT2D eigenvalue weighted by molar-refractivity contribution is 0.460. The molecule has 1 heterocycles. The van der Waals surface area contributed by atoms with Gasteiger partial charge in [-0.25, -0.2) is 4.39 Å². The first-order valence-electron chi connectivity index (χ1n) is 5.01. The Labute approximate surface area is 108 Å². The van der Waals surface area contributed by atoms with Gasteiger partial charge in [0.25, 0.3) is 0 Å². The number of hydrogen-bond donors (Lipinski definition) is 0. The smallest absolute Gasteiger partial charge is 0.221 e. The molecule has 0 saturated carbocycles. The molecule has 0 aliphatic rings. The molecule has 0 aliphatic carbocycles. The Balaban J connectivity index is 2.19. The molecule has 2 aromatic rings. The van der Waals surface area contributed by atoms with Crippen molar-refractivity contribution >= 4 is 23.2 Å². The van der Waals surface area contributed by atoms with Gasteiger partial charge in [-0.05, 0) is 12.1 Å². The Morgan fingerprint density at radius 1 is 1.24 bits per heavy atom. The maximum Gasteiger partial charge on any atom is 0.221 e. The van der Waals surface area contributed by atoms with Gasteiger partial charge in [-0.3, -0.25) is 0 Å². The third-order valence-corrected chi connectivity index (χ3v) is 2.75. The molecule has 0 unspecified atom stereocenters. The number of nitrogens with zero attached hydrogens (tertiary/aromatic N) is 2. The highest BCUT2D eigenvalue weighted by atomic mass is 35.5. The zero-order valence-electron chi connectivity index (χ0n) is 8.79. The van der Waals surface area contributed by atoms with Crippen molar-refractivity contribution in [1.82, 2.24) is 10.2 Å². The molecule has 17 heavy (non-hydrogen) atoms. The minimum Gasteiger partial charge on any atom is -0.425 e. The molecule has 1 aromatic heterocycles. The van der Waals surface area contributed by atoms with Crippen molar-refractivity contribution in [2.24, 2.45) is 0 Å². The van der Waals surface area contributed by atoms with Crippen LogP contribution in [0.3, 0.4) is 0 Å². The molecule has 0 aliphatic heterocycles. The summed E-state index contributed by atoms with van der Waals surface area (Å²) >= 11 is 11.4. The fraction of sp³-hybridized carbons (Fsp3) is 0.273. The predicted molar refractivity (Wildman–Crippen MR) is 62.9 cm³/mol. The van der Waals surface area contributed by atoms with Gasteiger partial charge >= 0.3 is 0 Å². The highest BCUT2D eigenvalue weighted by Crippen LogP contribution is 2.21. The van der Waals surface area contributed by atoms with Crippen LogP contribution in [0, 0.1) is 5.82 Å². The Morgan fingerprint density at radius 2 is 2.00 bits per heavy atom. The summed E-state index contributed by atoms with van der Waals surface area (Å²) in [5.74, 6) is 0.802. The second-order valence-electron chi connectivity index (χ2n) is 3.41. The van der Waals surface area contributed by atoms with Gasteiger partial charge in [-0.15, -0.1) is 21.8 Å². The Kier molecular flexibility index (Phi) is 3.97. The van der Waals surface area contributed by atoms with E-state index in [0.29, 0.717) is 34.7 Å². The molecule has 2 rings (SSSR count). The van der Waals surface area contributed by atoms with Crippen molar-refractivity contribution in [2.45, 2.75) is 12.8 Å². The van der Waals surface area contributed by atoms with Crippen LogP contribution in [-0.4, -0.2) is 16.1 Å². The minimum atomic E-state index is -0.380. The molecule has 0 amide bonds. The van der Waals surface area contributed by atoms with Crippen LogP contribution in [0.15, 0.2) is 22.6 Å². The van der Waals surface area contributed by atoms with Crippen molar-refractivity contribution in [3.05, 3.63) is 46.4 Å². The molecule has 0 spiro atoms. The van der Waals surface area contributed by atoms with Gasteiger partial charge in [0, 0.05) is 22.9 Å². The van der Waals surface area contributed by atoms with E-state index in [-0.39, 0.29) is 12.2 Å². The number of rotatable bonds is 4. The van der Waals surface area contributed by atoms with Gasteiger partial charge in [-0.1, -0.05) is 17.7 Å². The summed E-state index contributed by atoms with van der Waals surface area (Å²) in [6.45, 7) is 0. The Hall–Kier alpha value is -1.13. The zero-order valence-corrected chi connectivity index (χ0v) is 10.3. The van der Waals surface area contributed by atoms with Crippen LogP contribution < -0.4 is 0 Å². The number of aryl methyl sites for hydroxylation is 1. The molecule has 0 atom stereocenters. The normalized spacial score (nSPS) is 10.8. The monoisotopic (exact) mass is 274 g/mol. The fourth-order valence-corrected chi connectivity index (χ4v) is 1.79.